The molecule has 0 aliphatic carbocycles. The van der Waals surface area contributed by atoms with Crippen LogP contribution in [-0.2, 0) is 0 Å². The number of aromatic amines is 1. The summed E-state index contributed by atoms with van der Waals surface area (Å²) in [6, 6.07) is 0. The molecule has 15 heavy (non-hydrogen) atoms. The van der Waals surface area contributed by atoms with Crippen molar-refractivity contribution in [1.29, 1.82) is 0 Å². The van der Waals surface area contributed by atoms with Gasteiger partial charge in [-0.2, -0.15) is 4.98 Å². The number of aromatic hydroxyl groups is 1. The van der Waals surface area contributed by atoms with Crippen LogP contribution in [0, 0.1) is 22.5 Å². The summed E-state index contributed by atoms with van der Waals surface area (Å²) >= 11 is 0.984. The molecule has 0 saturated carbocycles. The average Bonchev–Trinajstić information content (AvgIpc) is 2.12. The van der Waals surface area contributed by atoms with E-state index in [2.05, 4.69) is 15.9 Å². The van der Waals surface area contributed by atoms with Crippen molar-refractivity contribution in [2.75, 3.05) is 5.75 Å². The second kappa shape index (κ2) is 4.47. The van der Waals surface area contributed by atoms with Crippen molar-refractivity contribution in [1.82, 2.24) is 9.97 Å². The van der Waals surface area contributed by atoms with Crippen molar-refractivity contribution in [3.8, 4) is 18.2 Å². The highest BCUT2D eigenvalue weighted by atomic mass is 32.2. The number of nitrogens with one attached hydrogen (secondary N) is 1. The number of terminal acetylenes is 1. The maximum absolute atomic E-state index is 11.1. The summed E-state index contributed by atoms with van der Waals surface area (Å²) in [5.74, 6) is 1.60. The lowest BCUT2D eigenvalue weighted by atomic mass is 10.5. The van der Waals surface area contributed by atoms with Crippen molar-refractivity contribution in [3.05, 3.63) is 20.5 Å². The fourth-order valence-electron chi connectivity index (χ4n) is 0.778. The molecule has 1 heterocycles. The highest BCUT2D eigenvalue weighted by Crippen LogP contribution is 2.20. The number of rotatable bonds is 3. The van der Waals surface area contributed by atoms with Crippen LogP contribution in [0.1, 0.15) is 0 Å². The highest BCUT2D eigenvalue weighted by Gasteiger charge is 2.21. The fourth-order valence-corrected chi connectivity index (χ4v) is 1.31. The van der Waals surface area contributed by atoms with E-state index >= 15 is 0 Å². The highest BCUT2D eigenvalue weighted by molar-refractivity contribution is 7.99. The number of nitro groups is 1. The molecule has 0 aliphatic rings. The lowest BCUT2D eigenvalue weighted by molar-refractivity contribution is -0.387. The molecule has 8 heteroatoms. The summed E-state index contributed by atoms with van der Waals surface area (Å²) in [7, 11) is 0. The minimum atomic E-state index is -1.01. The number of thioether (sulfide) groups is 1. The predicted molar refractivity (Wildman–Crippen MR) is 52.7 cm³/mol. The molecule has 78 valence electrons. The third kappa shape index (κ3) is 2.47. The van der Waals surface area contributed by atoms with Gasteiger partial charge >= 0.3 is 11.2 Å². The van der Waals surface area contributed by atoms with Gasteiger partial charge in [0.15, 0.2) is 5.16 Å². The molecule has 7 nitrogen and oxygen atoms in total. The van der Waals surface area contributed by atoms with E-state index in [4.69, 9.17) is 11.5 Å². The first-order valence-electron chi connectivity index (χ1n) is 3.60. The van der Waals surface area contributed by atoms with Crippen molar-refractivity contribution in [3.63, 3.8) is 0 Å². The molecule has 0 saturated heterocycles. The Morgan fingerprint density at radius 1 is 1.73 bits per heavy atom. The molecule has 1 aromatic heterocycles. The summed E-state index contributed by atoms with van der Waals surface area (Å²) in [4.78, 5) is 26.0. The molecular formula is C7H5N3O4S. The fraction of sp³-hybridized carbons (Fsp3) is 0.143. The van der Waals surface area contributed by atoms with Gasteiger partial charge in [0, 0.05) is 0 Å². The van der Waals surface area contributed by atoms with Gasteiger partial charge in [0.2, 0.25) is 0 Å². The molecule has 1 aromatic rings. The van der Waals surface area contributed by atoms with Crippen LogP contribution in [0.25, 0.3) is 0 Å². The van der Waals surface area contributed by atoms with Crippen LogP contribution in [0.2, 0.25) is 0 Å². The van der Waals surface area contributed by atoms with Crippen LogP contribution in [0.3, 0.4) is 0 Å². The van der Waals surface area contributed by atoms with Crippen molar-refractivity contribution in [2.45, 2.75) is 5.16 Å². The smallest absolute Gasteiger partial charge is 0.395 e. The largest absolute Gasteiger partial charge is 0.488 e. The van der Waals surface area contributed by atoms with Gasteiger partial charge in [0.1, 0.15) is 0 Å². The Morgan fingerprint density at radius 3 is 2.87 bits per heavy atom. The Labute approximate surface area is 87.7 Å². The van der Waals surface area contributed by atoms with Gasteiger partial charge in [0.25, 0.3) is 5.88 Å². The van der Waals surface area contributed by atoms with Gasteiger partial charge in [-0.15, -0.1) is 6.42 Å². The predicted octanol–water partition coefficient (Wildman–Crippen LogP) is 0.109. The van der Waals surface area contributed by atoms with Gasteiger partial charge in [-0.1, -0.05) is 17.7 Å². The Morgan fingerprint density at radius 2 is 2.40 bits per heavy atom. The third-order valence-corrected chi connectivity index (χ3v) is 2.11. The van der Waals surface area contributed by atoms with Crippen LogP contribution in [0.5, 0.6) is 5.88 Å². The Kier molecular flexibility index (Phi) is 3.30. The first kappa shape index (κ1) is 11.1. The van der Waals surface area contributed by atoms with Crippen LogP contribution in [0.4, 0.5) is 5.69 Å². The molecule has 0 atom stereocenters. The molecule has 0 aromatic carbocycles. The van der Waals surface area contributed by atoms with Crippen molar-refractivity contribution in [2.24, 2.45) is 0 Å². The molecule has 0 unspecified atom stereocenters. The average molecular weight is 227 g/mol. The zero-order valence-corrected chi connectivity index (χ0v) is 8.08. The third-order valence-electron chi connectivity index (χ3n) is 1.33. The number of nitrogens with zero attached hydrogens (tertiary/aromatic N) is 2. The monoisotopic (exact) mass is 227 g/mol. The Bertz CT molecular complexity index is 490. The molecule has 0 fully saturated rings. The zero-order valence-electron chi connectivity index (χ0n) is 7.26. The molecule has 0 spiro atoms. The number of hydrogen-bond acceptors (Lipinski definition) is 6. The van der Waals surface area contributed by atoms with Crippen molar-refractivity contribution >= 4 is 17.4 Å². The van der Waals surface area contributed by atoms with Gasteiger partial charge in [-0.3, -0.25) is 19.9 Å². The van der Waals surface area contributed by atoms with E-state index in [0.29, 0.717) is 0 Å². The molecule has 1 rings (SSSR count). The first-order valence-corrected chi connectivity index (χ1v) is 4.58. The summed E-state index contributed by atoms with van der Waals surface area (Å²) < 4.78 is 0. The summed E-state index contributed by atoms with van der Waals surface area (Å²) in [6.45, 7) is 0. The van der Waals surface area contributed by atoms with Crippen molar-refractivity contribution < 1.29 is 10.0 Å². The van der Waals surface area contributed by atoms with Crippen LogP contribution >= 0.6 is 11.8 Å². The molecule has 0 radical (unpaired) electrons. The van der Waals surface area contributed by atoms with E-state index in [0.717, 1.165) is 11.8 Å². The minimum Gasteiger partial charge on any atom is -0.488 e. The topological polar surface area (TPSA) is 109 Å². The SMILES string of the molecule is C#CCSc1nc(O)c([N+](=O)[O-])c(=O)[nH]1. The second-order valence-electron chi connectivity index (χ2n) is 2.29. The minimum absolute atomic E-state index is 0.0426. The van der Waals surface area contributed by atoms with E-state index < -0.39 is 22.0 Å². The van der Waals surface area contributed by atoms with Crippen LogP contribution < -0.4 is 5.56 Å². The second-order valence-corrected chi connectivity index (χ2v) is 3.26. The number of aromatic nitrogens is 2. The maximum Gasteiger partial charge on any atom is 0.395 e. The van der Waals surface area contributed by atoms with E-state index in [1.807, 2.05) is 0 Å². The normalized spacial score (nSPS) is 9.53. The summed E-state index contributed by atoms with van der Waals surface area (Å²) in [5.41, 5.74) is -1.98. The maximum atomic E-state index is 11.1. The van der Waals surface area contributed by atoms with E-state index in [-0.39, 0.29) is 10.9 Å². The van der Waals surface area contributed by atoms with Gasteiger partial charge in [-0.05, 0) is 0 Å². The lowest BCUT2D eigenvalue weighted by Gasteiger charge is -1.98. The molecule has 0 amide bonds. The standard InChI is InChI=1S/C7H5N3O4S/c1-2-3-15-7-8-5(11)4(10(13)14)6(12)9-7/h1H,3H2,(H2,8,9,11,12). The van der Waals surface area contributed by atoms with E-state index in [1.165, 1.54) is 0 Å². The van der Waals surface area contributed by atoms with E-state index in [9.17, 15) is 14.9 Å². The molecule has 0 aliphatic heterocycles. The molecule has 0 bridgehead atoms. The lowest BCUT2D eigenvalue weighted by Crippen LogP contribution is -2.13. The summed E-state index contributed by atoms with van der Waals surface area (Å²) in [6.07, 6.45) is 4.97. The Hall–Kier alpha value is -2.01. The van der Waals surface area contributed by atoms with Gasteiger partial charge in [-0.25, -0.2) is 0 Å². The van der Waals surface area contributed by atoms with Crippen LogP contribution in [0.15, 0.2) is 9.95 Å². The van der Waals surface area contributed by atoms with Crippen LogP contribution in [-0.4, -0.2) is 25.8 Å². The van der Waals surface area contributed by atoms with E-state index in [1.54, 1.807) is 0 Å². The molecular weight excluding hydrogens is 222 g/mol. The Balaban J connectivity index is 3.15. The number of hydrogen-bond donors (Lipinski definition) is 2. The first-order chi connectivity index (χ1) is 7.06. The quantitative estimate of drug-likeness (QED) is 0.249. The molecule has 2 N–H and O–H groups in total. The zero-order chi connectivity index (χ0) is 11.4. The number of H-pyrrole nitrogens is 1. The van der Waals surface area contributed by atoms with Gasteiger partial charge in [0.05, 0.1) is 10.7 Å². The van der Waals surface area contributed by atoms with Gasteiger partial charge < -0.3 is 5.11 Å². The summed E-state index contributed by atoms with van der Waals surface area (Å²) in [5, 5.41) is 19.5.